The monoisotopic (exact) mass is 286 g/mol. The lowest BCUT2D eigenvalue weighted by atomic mass is 10.0. The molecule has 0 aliphatic heterocycles. The summed E-state index contributed by atoms with van der Waals surface area (Å²) in [6, 6.07) is 14.0. The molecule has 21 heavy (non-hydrogen) atoms. The molecular formula is C17H22N2O2. The van der Waals surface area contributed by atoms with Crippen molar-refractivity contribution in [2.45, 2.75) is 6.92 Å². The van der Waals surface area contributed by atoms with Gasteiger partial charge in [-0.3, -0.25) is 0 Å². The molecule has 0 amide bonds. The van der Waals surface area contributed by atoms with Crippen LogP contribution < -0.4 is 10.6 Å². The summed E-state index contributed by atoms with van der Waals surface area (Å²) in [7, 11) is 0. The van der Waals surface area contributed by atoms with Crippen LogP contribution in [0.2, 0.25) is 0 Å². The second-order valence-corrected chi connectivity index (χ2v) is 5.08. The first-order valence-electron chi connectivity index (χ1n) is 7.09. The lowest BCUT2D eigenvalue weighted by Crippen LogP contribution is -2.30. The summed E-state index contributed by atoms with van der Waals surface area (Å²) < 4.78 is 0. The zero-order chi connectivity index (χ0) is 15.2. The van der Waals surface area contributed by atoms with Crippen LogP contribution in [0.4, 0.5) is 11.4 Å². The largest absolute Gasteiger partial charge is 0.399 e. The van der Waals surface area contributed by atoms with E-state index in [4.69, 9.17) is 5.73 Å². The molecular weight excluding hydrogens is 264 g/mol. The number of nitrogens with zero attached hydrogens (tertiary/aromatic N) is 1. The average molecular weight is 286 g/mol. The zero-order valence-corrected chi connectivity index (χ0v) is 12.3. The molecule has 0 fully saturated rings. The van der Waals surface area contributed by atoms with Crippen LogP contribution in [-0.2, 0) is 0 Å². The standard InChI is InChI=1S/C17H22N2O2/c1-13-2-4-14(5-3-13)16-12-15(18)6-7-17(16)19(8-10-20)9-11-21/h2-7,12,20-21H,8-11,18H2,1H3. The highest BCUT2D eigenvalue weighted by Crippen LogP contribution is 2.32. The first kappa shape index (κ1) is 15.4. The van der Waals surface area contributed by atoms with Crippen LogP contribution in [0.15, 0.2) is 42.5 Å². The maximum absolute atomic E-state index is 9.23. The van der Waals surface area contributed by atoms with Gasteiger partial charge < -0.3 is 20.8 Å². The van der Waals surface area contributed by atoms with E-state index in [1.54, 1.807) is 0 Å². The smallest absolute Gasteiger partial charge is 0.0606 e. The van der Waals surface area contributed by atoms with Crippen LogP contribution in [0.3, 0.4) is 0 Å². The van der Waals surface area contributed by atoms with E-state index >= 15 is 0 Å². The van der Waals surface area contributed by atoms with E-state index < -0.39 is 0 Å². The Morgan fingerprint density at radius 2 is 1.57 bits per heavy atom. The summed E-state index contributed by atoms with van der Waals surface area (Å²) in [6.45, 7) is 3.08. The van der Waals surface area contributed by atoms with Gasteiger partial charge >= 0.3 is 0 Å². The third-order valence-electron chi connectivity index (χ3n) is 3.46. The fraction of sp³-hybridized carbons (Fsp3) is 0.294. The van der Waals surface area contributed by atoms with Crippen LogP contribution in [0.25, 0.3) is 11.1 Å². The highest BCUT2D eigenvalue weighted by Gasteiger charge is 2.12. The number of aryl methyl sites for hydroxylation is 1. The van der Waals surface area contributed by atoms with E-state index in [-0.39, 0.29) is 13.2 Å². The van der Waals surface area contributed by atoms with Gasteiger partial charge in [-0.15, -0.1) is 0 Å². The Morgan fingerprint density at radius 3 is 2.14 bits per heavy atom. The van der Waals surface area contributed by atoms with Gasteiger partial charge in [0.15, 0.2) is 0 Å². The number of nitrogens with two attached hydrogens (primary N) is 1. The van der Waals surface area contributed by atoms with Crippen molar-refractivity contribution in [3.63, 3.8) is 0 Å². The fourth-order valence-electron chi connectivity index (χ4n) is 2.39. The van der Waals surface area contributed by atoms with Gasteiger partial charge in [0.1, 0.15) is 0 Å². The average Bonchev–Trinajstić information content (AvgIpc) is 2.48. The van der Waals surface area contributed by atoms with Crippen LogP contribution in [0, 0.1) is 6.92 Å². The van der Waals surface area contributed by atoms with Crippen molar-refractivity contribution >= 4 is 11.4 Å². The number of nitrogen functional groups attached to an aromatic ring is 1. The van der Waals surface area contributed by atoms with Gasteiger partial charge in [0.05, 0.1) is 13.2 Å². The van der Waals surface area contributed by atoms with Gasteiger partial charge in [-0.05, 0) is 30.7 Å². The van der Waals surface area contributed by atoms with Gasteiger partial charge in [-0.1, -0.05) is 29.8 Å². The lowest BCUT2D eigenvalue weighted by Gasteiger charge is -2.26. The van der Waals surface area contributed by atoms with Crippen LogP contribution in [0.5, 0.6) is 0 Å². The number of hydrogen-bond acceptors (Lipinski definition) is 4. The molecule has 0 aliphatic rings. The number of aliphatic hydroxyl groups is 2. The Labute approximate surface area is 125 Å². The van der Waals surface area contributed by atoms with Gasteiger partial charge in [0.25, 0.3) is 0 Å². The van der Waals surface area contributed by atoms with E-state index in [0.29, 0.717) is 18.8 Å². The molecule has 4 heteroatoms. The lowest BCUT2D eigenvalue weighted by molar-refractivity contribution is 0.281. The molecule has 0 aliphatic carbocycles. The van der Waals surface area contributed by atoms with Gasteiger partial charge in [-0.2, -0.15) is 0 Å². The Hall–Kier alpha value is -2.04. The molecule has 0 bridgehead atoms. The van der Waals surface area contributed by atoms with Crippen LogP contribution in [0.1, 0.15) is 5.56 Å². The number of hydrogen-bond donors (Lipinski definition) is 3. The molecule has 0 heterocycles. The highest BCUT2D eigenvalue weighted by atomic mass is 16.3. The second kappa shape index (κ2) is 7.11. The van der Waals surface area contributed by atoms with Crippen molar-refractivity contribution in [1.29, 1.82) is 0 Å². The summed E-state index contributed by atoms with van der Waals surface area (Å²) in [5.41, 5.74) is 10.9. The maximum atomic E-state index is 9.23. The topological polar surface area (TPSA) is 69.7 Å². The minimum absolute atomic E-state index is 0.0394. The molecule has 2 rings (SSSR count). The predicted molar refractivity (Wildman–Crippen MR) is 87.4 cm³/mol. The van der Waals surface area contributed by atoms with Gasteiger partial charge in [-0.25, -0.2) is 0 Å². The summed E-state index contributed by atoms with van der Waals surface area (Å²) in [6.07, 6.45) is 0. The molecule has 0 atom stereocenters. The maximum Gasteiger partial charge on any atom is 0.0606 e. The third-order valence-corrected chi connectivity index (χ3v) is 3.46. The first-order valence-corrected chi connectivity index (χ1v) is 7.09. The predicted octanol–water partition coefficient (Wildman–Crippen LogP) is 2.04. The fourth-order valence-corrected chi connectivity index (χ4v) is 2.39. The molecule has 4 N–H and O–H groups in total. The number of aliphatic hydroxyl groups excluding tert-OH is 2. The Balaban J connectivity index is 2.47. The quantitative estimate of drug-likeness (QED) is 0.711. The zero-order valence-electron chi connectivity index (χ0n) is 12.3. The number of rotatable bonds is 6. The molecule has 0 unspecified atom stereocenters. The van der Waals surface area contributed by atoms with Gasteiger partial charge in [0.2, 0.25) is 0 Å². The number of anilines is 2. The summed E-state index contributed by atoms with van der Waals surface area (Å²) in [5, 5.41) is 18.5. The second-order valence-electron chi connectivity index (χ2n) is 5.08. The third kappa shape index (κ3) is 3.74. The first-order chi connectivity index (χ1) is 10.2. The summed E-state index contributed by atoms with van der Waals surface area (Å²) >= 11 is 0. The van der Waals surface area contributed by atoms with E-state index in [2.05, 4.69) is 24.3 Å². The Bertz CT molecular complexity index is 576. The Kier molecular flexibility index (Phi) is 5.20. The molecule has 0 spiro atoms. The van der Waals surface area contributed by atoms with E-state index in [0.717, 1.165) is 16.8 Å². The highest BCUT2D eigenvalue weighted by molar-refractivity contribution is 5.81. The van der Waals surface area contributed by atoms with Crippen molar-refractivity contribution in [3.05, 3.63) is 48.0 Å². The van der Waals surface area contributed by atoms with E-state index in [1.165, 1.54) is 5.56 Å². The van der Waals surface area contributed by atoms with E-state index in [9.17, 15) is 10.2 Å². The van der Waals surface area contributed by atoms with Gasteiger partial charge in [0, 0.05) is 30.0 Å². The molecule has 0 aromatic heterocycles. The normalized spacial score (nSPS) is 10.6. The van der Waals surface area contributed by atoms with Crippen molar-refractivity contribution in [1.82, 2.24) is 0 Å². The molecule has 112 valence electrons. The summed E-state index contributed by atoms with van der Waals surface area (Å²) in [5.74, 6) is 0. The minimum Gasteiger partial charge on any atom is -0.399 e. The molecule has 2 aromatic rings. The van der Waals surface area contributed by atoms with Crippen LogP contribution >= 0.6 is 0 Å². The summed E-state index contributed by atoms with van der Waals surface area (Å²) in [4.78, 5) is 1.97. The van der Waals surface area contributed by atoms with Crippen molar-refractivity contribution in [3.8, 4) is 11.1 Å². The van der Waals surface area contributed by atoms with Crippen molar-refractivity contribution in [2.75, 3.05) is 36.9 Å². The Morgan fingerprint density at radius 1 is 0.952 bits per heavy atom. The SMILES string of the molecule is Cc1ccc(-c2cc(N)ccc2N(CCO)CCO)cc1. The van der Waals surface area contributed by atoms with Crippen molar-refractivity contribution in [2.24, 2.45) is 0 Å². The minimum atomic E-state index is 0.0394. The van der Waals surface area contributed by atoms with Crippen molar-refractivity contribution < 1.29 is 10.2 Å². The molecule has 0 radical (unpaired) electrons. The molecule has 0 saturated carbocycles. The molecule has 4 nitrogen and oxygen atoms in total. The number of benzene rings is 2. The molecule has 2 aromatic carbocycles. The van der Waals surface area contributed by atoms with Crippen LogP contribution in [-0.4, -0.2) is 36.5 Å². The molecule has 0 saturated heterocycles. The van der Waals surface area contributed by atoms with E-state index in [1.807, 2.05) is 30.0 Å².